The standard InChI is InChI=1S/C36H42FN7O4/c1-41-13-11-23(16-41)38-36(46)44-25-17-43(18-26(44)20-47-19-25)34-30-10-9-29(31-15-27(45)14-22-6-3-4-8-28(22)31)32(37)33(30)39-35(40-34)48-21-24-7-5-12-42(24)2/h3-4,6,8-10,14-15,23-26,45H,5,7,11-13,16-21H2,1-2H3,(H,38,46)/t23-,24+,25?,26?/m1/s1. The maximum atomic E-state index is 16.8. The van der Waals surface area contributed by atoms with E-state index < -0.39 is 5.82 Å². The Bertz CT molecular complexity index is 1840. The molecule has 0 aliphatic carbocycles. The fraction of sp³-hybridized carbons (Fsp3) is 0.472. The summed E-state index contributed by atoms with van der Waals surface area (Å²) in [7, 11) is 4.15. The average Bonchev–Trinajstić information content (AvgIpc) is 3.69. The number of nitrogens with one attached hydrogen (secondary N) is 1. The lowest BCUT2D eigenvalue weighted by Crippen LogP contribution is -2.68. The van der Waals surface area contributed by atoms with Crippen molar-refractivity contribution in [2.24, 2.45) is 0 Å². The molecule has 2 N–H and O–H groups in total. The van der Waals surface area contributed by atoms with Crippen molar-refractivity contribution in [2.45, 2.75) is 43.4 Å². The molecule has 4 aromatic rings. The van der Waals surface area contributed by atoms with Crippen LogP contribution in [0.1, 0.15) is 19.3 Å². The number of urea groups is 1. The third-order valence-corrected chi connectivity index (χ3v) is 10.5. The van der Waals surface area contributed by atoms with Crippen LogP contribution in [0.2, 0.25) is 0 Å². The van der Waals surface area contributed by atoms with Gasteiger partial charge in [0.15, 0.2) is 5.82 Å². The fourth-order valence-electron chi connectivity index (χ4n) is 7.99. The van der Waals surface area contributed by atoms with E-state index in [0.29, 0.717) is 55.2 Å². The summed E-state index contributed by atoms with van der Waals surface area (Å²) < 4.78 is 29.0. The molecule has 12 heteroatoms. The van der Waals surface area contributed by atoms with Crippen LogP contribution in [0.4, 0.5) is 15.0 Å². The number of likely N-dealkylation sites (N-methyl/N-ethyl adjacent to an activating group) is 2. The monoisotopic (exact) mass is 655 g/mol. The Morgan fingerprint density at radius 2 is 1.81 bits per heavy atom. The van der Waals surface area contributed by atoms with Gasteiger partial charge in [0.1, 0.15) is 23.7 Å². The number of nitrogens with zero attached hydrogens (tertiary/aromatic N) is 6. The minimum absolute atomic E-state index is 0.0560. The van der Waals surface area contributed by atoms with Crippen LogP contribution in [0.3, 0.4) is 0 Å². The van der Waals surface area contributed by atoms with E-state index in [-0.39, 0.29) is 47.5 Å². The van der Waals surface area contributed by atoms with Crippen molar-refractivity contribution < 1.29 is 23.8 Å². The number of carbonyl (C=O) groups excluding carboxylic acids is 1. The lowest BCUT2D eigenvalue weighted by molar-refractivity contribution is -0.0348. The zero-order valence-corrected chi connectivity index (χ0v) is 27.4. The summed E-state index contributed by atoms with van der Waals surface area (Å²) >= 11 is 0. The van der Waals surface area contributed by atoms with E-state index in [1.807, 2.05) is 35.2 Å². The molecule has 11 nitrogen and oxygen atoms in total. The first-order valence-corrected chi connectivity index (χ1v) is 17.0. The van der Waals surface area contributed by atoms with Crippen molar-refractivity contribution in [3.8, 4) is 22.9 Å². The van der Waals surface area contributed by atoms with Crippen molar-refractivity contribution in [3.05, 3.63) is 54.3 Å². The quantitative estimate of drug-likeness (QED) is 0.318. The summed E-state index contributed by atoms with van der Waals surface area (Å²) in [5.41, 5.74) is 1.08. The number of carbonyl (C=O) groups is 1. The van der Waals surface area contributed by atoms with Gasteiger partial charge in [-0.3, -0.25) is 0 Å². The number of fused-ring (bicyclic) bond motifs is 4. The first kappa shape index (κ1) is 31.0. The van der Waals surface area contributed by atoms with Crippen LogP contribution >= 0.6 is 0 Å². The van der Waals surface area contributed by atoms with Crippen LogP contribution in [0, 0.1) is 5.82 Å². The number of aromatic hydroxyl groups is 1. The number of morpholine rings is 1. The highest BCUT2D eigenvalue weighted by Crippen LogP contribution is 2.39. The van der Waals surface area contributed by atoms with Crippen LogP contribution in [0.25, 0.3) is 32.8 Å². The number of piperazine rings is 1. The van der Waals surface area contributed by atoms with Crippen LogP contribution in [-0.4, -0.2) is 127 Å². The third-order valence-electron chi connectivity index (χ3n) is 10.5. The SMILES string of the molecule is CN1CC[C@@H](NC(=O)N2C3COCC2CN(c2nc(OC[C@@H]4CCCN4C)nc4c(F)c(-c5cc(O)cc6ccccc56)ccc24)C3)C1. The summed E-state index contributed by atoms with van der Waals surface area (Å²) in [5.74, 6) is 0.139. The Balaban J connectivity index is 1.16. The van der Waals surface area contributed by atoms with Gasteiger partial charge >= 0.3 is 12.0 Å². The van der Waals surface area contributed by atoms with Crippen molar-refractivity contribution in [1.29, 1.82) is 0 Å². The predicted molar refractivity (Wildman–Crippen MR) is 182 cm³/mol. The van der Waals surface area contributed by atoms with Gasteiger partial charge in [-0.2, -0.15) is 9.97 Å². The smallest absolute Gasteiger partial charge is 0.319 e. The summed E-state index contributed by atoms with van der Waals surface area (Å²) in [5, 5.41) is 16.0. The van der Waals surface area contributed by atoms with Crippen molar-refractivity contribution in [1.82, 2.24) is 30.0 Å². The van der Waals surface area contributed by atoms with E-state index >= 15 is 4.39 Å². The van der Waals surface area contributed by atoms with Gasteiger partial charge in [0, 0.05) is 42.7 Å². The molecular formula is C36H42FN7O4. The Morgan fingerprint density at radius 3 is 2.56 bits per heavy atom. The first-order valence-electron chi connectivity index (χ1n) is 17.0. The number of phenols is 1. The number of ether oxygens (including phenoxy) is 2. The molecule has 0 radical (unpaired) electrons. The molecule has 2 amide bonds. The Hall–Kier alpha value is -4.26. The van der Waals surface area contributed by atoms with Crippen LogP contribution in [0.15, 0.2) is 48.5 Å². The second kappa shape index (κ2) is 12.6. The van der Waals surface area contributed by atoms with Crippen molar-refractivity contribution >= 4 is 33.5 Å². The number of likely N-dealkylation sites (tertiary alicyclic amines) is 2. The molecule has 4 fully saturated rings. The minimum Gasteiger partial charge on any atom is -0.508 e. The van der Waals surface area contributed by atoms with E-state index in [2.05, 4.69) is 39.1 Å². The van der Waals surface area contributed by atoms with Gasteiger partial charge < -0.3 is 39.5 Å². The number of benzene rings is 3. The summed E-state index contributed by atoms with van der Waals surface area (Å²) in [4.78, 5) is 31.7. The Kier molecular flexibility index (Phi) is 8.18. The number of halogens is 1. The Labute approximate surface area is 279 Å². The average molecular weight is 656 g/mol. The molecule has 48 heavy (non-hydrogen) atoms. The van der Waals surface area contributed by atoms with Crippen LogP contribution < -0.4 is 15.0 Å². The largest absolute Gasteiger partial charge is 0.508 e. The maximum Gasteiger partial charge on any atom is 0.319 e. The van der Waals surface area contributed by atoms with Gasteiger partial charge in [0.2, 0.25) is 0 Å². The van der Waals surface area contributed by atoms with Gasteiger partial charge in [-0.25, -0.2) is 9.18 Å². The number of rotatable bonds is 6. The highest BCUT2D eigenvalue weighted by atomic mass is 19.1. The molecule has 252 valence electrons. The molecule has 5 heterocycles. The summed E-state index contributed by atoms with van der Waals surface area (Å²) in [6, 6.07) is 14.5. The molecule has 4 saturated heterocycles. The van der Waals surface area contributed by atoms with E-state index in [1.165, 1.54) is 0 Å². The lowest BCUT2D eigenvalue weighted by atomic mass is 9.96. The van der Waals surface area contributed by atoms with Crippen LogP contribution in [-0.2, 0) is 4.74 Å². The topological polar surface area (TPSA) is 107 Å². The maximum absolute atomic E-state index is 16.8. The zero-order valence-electron chi connectivity index (χ0n) is 27.4. The molecule has 3 aromatic carbocycles. The van der Waals surface area contributed by atoms with Crippen molar-refractivity contribution in [2.75, 3.05) is 71.5 Å². The highest BCUT2D eigenvalue weighted by Gasteiger charge is 2.42. The molecule has 4 atom stereocenters. The lowest BCUT2D eigenvalue weighted by Gasteiger charge is -2.50. The molecule has 0 spiro atoms. The van der Waals surface area contributed by atoms with Gasteiger partial charge in [-0.15, -0.1) is 0 Å². The molecule has 4 aliphatic rings. The van der Waals surface area contributed by atoms with Crippen LogP contribution in [0.5, 0.6) is 11.8 Å². The molecular weight excluding hydrogens is 613 g/mol. The summed E-state index contributed by atoms with van der Waals surface area (Å²) in [6.07, 6.45) is 3.06. The second-order valence-corrected chi connectivity index (χ2v) is 13.8. The number of aromatic nitrogens is 2. The minimum atomic E-state index is -0.502. The predicted octanol–water partition coefficient (Wildman–Crippen LogP) is 4.07. The second-order valence-electron chi connectivity index (χ2n) is 13.8. The molecule has 2 unspecified atom stereocenters. The van der Waals surface area contributed by atoms with E-state index in [4.69, 9.17) is 14.5 Å². The number of amides is 2. The summed E-state index contributed by atoms with van der Waals surface area (Å²) in [6.45, 7) is 5.00. The number of phenolic OH excluding ortho intramolecular Hbond substituents is 1. The first-order chi connectivity index (χ1) is 23.3. The number of anilines is 1. The van der Waals surface area contributed by atoms with Gasteiger partial charge in [-0.05, 0) is 81.0 Å². The number of hydrogen-bond acceptors (Lipinski definition) is 9. The normalized spacial score (nSPS) is 24.9. The molecule has 8 rings (SSSR count). The molecule has 1 aromatic heterocycles. The van der Waals surface area contributed by atoms with Gasteiger partial charge in [0.25, 0.3) is 0 Å². The van der Waals surface area contributed by atoms with Gasteiger partial charge in [0.05, 0.1) is 25.3 Å². The van der Waals surface area contributed by atoms with Crippen molar-refractivity contribution in [3.63, 3.8) is 0 Å². The highest BCUT2D eigenvalue weighted by molar-refractivity contribution is 6.01. The fourth-order valence-corrected chi connectivity index (χ4v) is 7.99. The number of hydrogen-bond donors (Lipinski definition) is 2. The van der Waals surface area contributed by atoms with E-state index in [9.17, 15) is 9.90 Å². The Morgan fingerprint density at radius 1 is 1.00 bits per heavy atom. The third kappa shape index (κ3) is 5.75. The van der Waals surface area contributed by atoms with E-state index in [1.54, 1.807) is 18.2 Å². The molecule has 2 bridgehead atoms. The molecule has 0 saturated carbocycles. The van der Waals surface area contributed by atoms with E-state index in [0.717, 1.165) is 49.7 Å². The zero-order chi connectivity index (χ0) is 32.9. The molecule has 4 aliphatic heterocycles. The van der Waals surface area contributed by atoms with Gasteiger partial charge in [-0.1, -0.05) is 30.3 Å².